The van der Waals surface area contributed by atoms with Gasteiger partial charge in [0, 0.05) is 12.6 Å². The number of carbonyl (C=O) groups excluding carboxylic acids is 1. The molecular formula is C13H19FN2O. The molecule has 1 aromatic rings. The summed E-state index contributed by atoms with van der Waals surface area (Å²) < 4.78 is 12.9. The Morgan fingerprint density at radius 1 is 1.53 bits per heavy atom. The van der Waals surface area contributed by atoms with Crippen molar-refractivity contribution in [2.75, 3.05) is 6.54 Å². The molecule has 3 nitrogen and oxygen atoms in total. The van der Waals surface area contributed by atoms with Gasteiger partial charge in [0.05, 0.1) is 6.42 Å². The van der Waals surface area contributed by atoms with Crippen LogP contribution in [0, 0.1) is 5.82 Å². The minimum Gasteiger partial charge on any atom is -0.352 e. The Morgan fingerprint density at radius 2 is 2.29 bits per heavy atom. The maximum atomic E-state index is 12.9. The van der Waals surface area contributed by atoms with E-state index in [2.05, 4.69) is 5.32 Å². The third kappa shape index (κ3) is 4.95. The van der Waals surface area contributed by atoms with Crippen LogP contribution in [0.25, 0.3) is 0 Å². The summed E-state index contributed by atoms with van der Waals surface area (Å²) in [6.07, 6.45) is 2.03. The zero-order valence-electron chi connectivity index (χ0n) is 10.1. The molecule has 1 unspecified atom stereocenters. The summed E-state index contributed by atoms with van der Waals surface area (Å²) in [6.45, 7) is 2.48. The zero-order valence-corrected chi connectivity index (χ0v) is 10.1. The number of benzene rings is 1. The van der Waals surface area contributed by atoms with Crippen molar-refractivity contribution in [1.29, 1.82) is 0 Å². The third-order valence-corrected chi connectivity index (χ3v) is 2.54. The van der Waals surface area contributed by atoms with E-state index in [9.17, 15) is 9.18 Å². The van der Waals surface area contributed by atoms with Gasteiger partial charge in [-0.1, -0.05) is 25.5 Å². The van der Waals surface area contributed by atoms with Gasteiger partial charge in [-0.3, -0.25) is 4.79 Å². The van der Waals surface area contributed by atoms with E-state index < -0.39 is 0 Å². The highest BCUT2D eigenvalue weighted by Crippen LogP contribution is 2.04. The molecule has 0 bridgehead atoms. The molecule has 4 heteroatoms. The van der Waals surface area contributed by atoms with E-state index in [1.165, 1.54) is 12.1 Å². The number of hydrogen-bond donors (Lipinski definition) is 2. The van der Waals surface area contributed by atoms with Gasteiger partial charge in [-0.15, -0.1) is 0 Å². The van der Waals surface area contributed by atoms with Crippen molar-refractivity contribution in [3.63, 3.8) is 0 Å². The fourth-order valence-corrected chi connectivity index (χ4v) is 1.71. The predicted molar refractivity (Wildman–Crippen MR) is 66.0 cm³/mol. The van der Waals surface area contributed by atoms with Crippen LogP contribution in [0.4, 0.5) is 4.39 Å². The van der Waals surface area contributed by atoms with Crippen LogP contribution in [-0.4, -0.2) is 18.5 Å². The first-order valence-electron chi connectivity index (χ1n) is 5.89. The summed E-state index contributed by atoms with van der Waals surface area (Å²) in [7, 11) is 0. The monoisotopic (exact) mass is 238 g/mol. The lowest BCUT2D eigenvalue weighted by molar-refractivity contribution is -0.121. The Balaban J connectivity index is 2.49. The summed E-state index contributed by atoms with van der Waals surface area (Å²) in [6, 6.07) is 6.09. The van der Waals surface area contributed by atoms with Crippen LogP contribution in [0.3, 0.4) is 0 Å². The van der Waals surface area contributed by atoms with Gasteiger partial charge in [0.25, 0.3) is 0 Å². The first-order valence-corrected chi connectivity index (χ1v) is 5.89. The number of halogens is 1. The van der Waals surface area contributed by atoms with Crippen molar-refractivity contribution >= 4 is 5.91 Å². The molecule has 0 heterocycles. The molecule has 0 aliphatic heterocycles. The van der Waals surface area contributed by atoms with Gasteiger partial charge in [-0.05, 0) is 24.1 Å². The molecule has 1 rings (SSSR count). The quantitative estimate of drug-likeness (QED) is 0.791. The molecule has 17 heavy (non-hydrogen) atoms. The van der Waals surface area contributed by atoms with E-state index in [1.54, 1.807) is 12.1 Å². The molecule has 0 aliphatic rings. The topological polar surface area (TPSA) is 55.1 Å². The molecule has 0 saturated carbocycles. The lowest BCUT2D eigenvalue weighted by atomic mass is 10.1. The van der Waals surface area contributed by atoms with Crippen LogP contribution in [0.5, 0.6) is 0 Å². The average molecular weight is 238 g/mol. The summed E-state index contributed by atoms with van der Waals surface area (Å²) in [4.78, 5) is 11.7. The maximum absolute atomic E-state index is 12.9. The molecule has 94 valence electrons. The van der Waals surface area contributed by atoms with Crippen molar-refractivity contribution in [3.8, 4) is 0 Å². The van der Waals surface area contributed by atoms with Crippen LogP contribution in [0.15, 0.2) is 24.3 Å². The number of nitrogens with two attached hydrogens (primary N) is 1. The molecule has 0 aromatic heterocycles. The number of hydrogen-bond acceptors (Lipinski definition) is 2. The summed E-state index contributed by atoms with van der Waals surface area (Å²) >= 11 is 0. The molecule has 0 spiro atoms. The Morgan fingerprint density at radius 3 is 2.88 bits per heavy atom. The average Bonchev–Trinajstić information content (AvgIpc) is 2.28. The summed E-state index contributed by atoms with van der Waals surface area (Å²) in [5, 5.41) is 2.85. The van der Waals surface area contributed by atoms with Crippen LogP contribution in [-0.2, 0) is 11.2 Å². The SMILES string of the molecule is CCCC(CN)NC(=O)Cc1cccc(F)c1. The van der Waals surface area contributed by atoms with Gasteiger partial charge in [-0.2, -0.15) is 0 Å². The highest BCUT2D eigenvalue weighted by molar-refractivity contribution is 5.78. The molecule has 3 N–H and O–H groups in total. The first-order chi connectivity index (χ1) is 8.15. The summed E-state index contributed by atoms with van der Waals surface area (Å²) in [5.41, 5.74) is 6.23. The van der Waals surface area contributed by atoms with Crippen molar-refractivity contribution < 1.29 is 9.18 Å². The van der Waals surface area contributed by atoms with Gasteiger partial charge in [0.2, 0.25) is 5.91 Å². The number of amides is 1. The van der Waals surface area contributed by atoms with Crippen LogP contribution >= 0.6 is 0 Å². The second-order valence-electron chi connectivity index (χ2n) is 4.10. The highest BCUT2D eigenvalue weighted by Gasteiger charge is 2.10. The Hall–Kier alpha value is -1.42. The van der Waals surface area contributed by atoms with E-state index in [4.69, 9.17) is 5.73 Å². The van der Waals surface area contributed by atoms with E-state index in [-0.39, 0.29) is 24.2 Å². The molecular weight excluding hydrogens is 219 g/mol. The molecule has 1 atom stereocenters. The molecule has 0 aliphatic carbocycles. The van der Waals surface area contributed by atoms with Crippen LogP contribution in [0.2, 0.25) is 0 Å². The minimum atomic E-state index is -0.320. The summed E-state index contributed by atoms with van der Waals surface area (Å²) in [5.74, 6) is -0.432. The van der Waals surface area contributed by atoms with Crippen LogP contribution < -0.4 is 11.1 Å². The minimum absolute atomic E-state index is 0.0149. The van der Waals surface area contributed by atoms with Crippen molar-refractivity contribution in [3.05, 3.63) is 35.6 Å². The smallest absolute Gasteiger partial charge is 0.224 e. The second kappa shape index (κ2) is 7.01. The van der Waals surface area contributed by atoms with E-state index in [0.717, 1.165) is 12.8 Å². The molecule has 0 fully saturated rings. The van der Waals surface area contributed by atoms with Gasteiger partial charge in [0.1, 0.15) is 5.82 Å². The fourth-order valence-electron chi connectivity index (χ4n) is 1.71. The van der Waals surface area contributed by atoms with Gasteiger partial charge in [-0.25, -0.2) is 4.39 Å². The molecule has 1 aromatic carbocycles. The highest BCUT2D eigenvalue weighted by atomic mass is 19.1. The Kier molecular flexibility index (Phi) is 5.63. The number of carbonyl (C=O) groups is 1. The van der Waals surface area contributed by atoms with Gasteiger partial charge in [0.15, 0.2) is 0 Å². The fraction of sp³-hybridized carbons (Fsp3) is 0.462. The van der Waals surface area contributed by atoms with E-state index >= 15 is 0 Å². The van der Waals surface area contributed by atoms with E-state index in [1.807, 2.05) is 6.92 Å². The van der Waals surface area contributed by atoms with Gasteiger partial charge >= 0.3 is 0 Å². The Bertz CT molecular complexity index is 368. The molecule has 1 amide bonds. The molecule has 0 radical (unpaired) electrons. The lowest BCUT2D eigenvalue weighted by Gasteiger charge is -2.15. The first kappa shape index (κ1) is 13.6. The maximum Gasteiger partial charge on any atom is 0.224 e. The second-order valence-corrected chi connectivity index (χ2v) is 4.10. The van der Waals surface area contributed by atoms with E-state index in [0.29, 0.717) is 12.1 Å². The van der Waals surface area contributed by atoms with Crippen molar-refractivity contribution in [1.82, 2.24) is 5.32 Å². The zero-order chi connectivity index (χ0) is 12.7. The standard InChI is InChI=1S/C13H19FN2O/c1-2-4-12(9-15)16-13(17)8-10-5-3-6-11(14)7-10/h3,5-7,12H,2,4,8-9,15H2,1H3,(H,16,17). The molecule has 0 saturated heterocycles. The van der Waals surface area contributed by atoms with Crippen LogP contribution in [0.1, 0.15) is 25.3 Å². The third-order valence-electron chi connectivity index (χ3n) is 2.54. The normalized spacial score (nSPS) is 12.2. The number of nitrogens with one attached hydrogen (secondary N) is 1. The predicted octanol–water partition coefficient (Wildman–Crippen LogP) is 1.61. The Labute approximate surface area is 101 Å². The lowest BCUT2D eigenvalue weighted by Crippen LogP contribution is -2.40. The van der Waals surface area contributed by atoms with Crippen molar-refractivity contribution in [2.24, 2.45) is 5.73 Å². The van der Waals surface area contributed by atoms with Crippen molar-refractivity contribution in [2.45, 2.75) is 32.2 Å². The number of rotatable bonds is 6. The van der Waals surface area contributed by atoms with Gasteiger partial charge < -0.3 is 11.1 Å². The largest absolute Gasteiger partial charge is 0.352 e.